The molecule has 0 saturated carbocycles. The van der Waals surface area contributed by atoms with Gasteiger partial charge < -0.3 is 15.3 Å². The first-order valence-corrected chi connectivity index (χ1v) is 12.8. The van der Waals surface area contributed by atoms with E-state index >= 15 is 4.39 Å². The van der Waals surface area contributed by atoms with Crippen molar-refractivity contribution >= 4 is 16.9 Å². The molecule has 6 rings (SSSR count). The number of phenolic OH excluding ortho intramolecular Hbond substituents is 1. The van der Waals surface area contributed by atoms with Crippen LogP contribution in [-0.2, 0) is 0 Å². The number of phenols is 1. The molecule has 10 heteroatoms. The Labute approximate surface area is 218 Å². The maximum Gasteiger partial charge on any atom is 0.355 e. The molecule has 3 aromatic heterocycles. The lowest BCUT2D eigenvalue weighted by molar-refractivity contribution is 0.463. The Morgan fingerprint density at radius 1 is 1.08 bits per heavy atom. The number of aryl methyl sites for hydroxylation is 1. The van der Waals surface area contributed by atoms with E-state index in [1.54, 1.807) is 12.3 Å². The first kappa shape index (κ1) is 24.4. The molecule has 2 N–H and O–H groups in total. The number of nitrogens with zero attached hydrogens (tertiary/aromatic N) is 5. The van der Waals surface area contributed by atoms with Crippen LogP contribution < -0.4 is 15.9 Å². The van der Waals surface area contributed by atoms with Gasteiger partial charge in [-0.25, -0.2) is 23.1 Å². The fourth-order valence-corrected chi connectivity index (χ4v) is 5.73. The highest BCUT2D eigenvalue weighted by molar-refractivity contribution is 5.91. The molecule has 2 bridgehead atoms. The van der Waals surface area contributed by atoms with Crippen molar-refractivity contribution in [2.75, 3.05) is 18.0 Å². The van der Waals surface area contributed by atoms with Gasteiger partial charge in [0.2, 0.25) is 0 Å². The molecule has 0 radical (unpaired) electrons. The van der Waals surface area contributed by atoms with E-state index in [2.05, 4.69) is 20.3 Å². The van der Waals surface area contributed by atoms with Crippen LogP contribution in [0.25, 0.3) is 28.0 Å². The third-order valence-electron chi connectivity index (χ3n) is 7.47. The summed E-state index contributed by atoms with van der Waals surface area (Å²) in [4.78, 5) is 29.3. The fraction of sp³-hybridized carbons (Fsp3) is 0.357. The van der Waals surface area contributed by atoms with E-state index < -0.39 is 23.1 Å². The number of piperazine rings is 1. The van der Waals surface area contributed by atoms with E-state index in [9.17, 15) is 14.3 Å². The summed E-state index contributed by atoms with van der Waals surface area (Å²) in [5, 5.41) is 14.3. The van der Waals surface area contributed by atoms with Crippen LogP contribution in [0.15, 0.2) is 41.3 Å². The normalized spacial score (nSPS) is 19.1. The Balaban J connectivity index is 1.70. The predicted molar refractivity (Wildman–Crippen MR) is 141 cm³/mol. The molecule has 2 aliphatic heterocycles. The van der Waals surface area contributed by atoms with Gasteiger partial charge in [-0.2, -0.15) is 4.98 Å². The Bertz CT molecular complexity index is 1600. The van der Waals surface area contributed by atoms with Gasteiger partial charge in [-0.15, -0.1) is 0 Å². The number of fused-ring (bicyclic) bond motifs is 3. The van der Waals surface area contributed by atoms with Crippen molar-refractivity contribution in [3.05, 3.63) is 69.9 Å². The topological polar surface area (TPSA) is 96.2 Å². The zero-order valence-electron chi connectivity index (χ0n) is 21.4. The summed E-state index contributed by atoms with van der Waals surface area (Å²) >= 11 is 0. The van der Waals surface area contributed by atoms with Gasteiger partial charge in [-0.05, 0) is 55.5 Å². The average molecular weight is 519 g/mol. The van der Waals surface area contributed by atoms with Crippen molar-refractivity contribution in [2.45, 2.75) is 51.6 Å². The van der Waals surface area contributed by atoms with E-state index in [0.717, 1.165) is 24.5 Å². The molecular weight excluding hydrogens is 490 g/mol. The Hall–Kier alpha value is -3.92. The van der Waals surface area contributed by atoms with Crippen LogP contribution >= 0.6 is 0 Å². The molecule has 8 nitrogen and oxygen atoms in total. The molecule has 2 saturated heterocycles. The van der Waals surface area contributed by atoms with Crippen LogP contribution in [0, 0.1) is 18.6 Å². The number of nitrogens with one attached hydrogen (secondary N) is 1. The molecule has 2 fully saturated rings. The Morgan fingerprint density at radius 3 is 2.50 bits per heavy atom. The zero-order valence-corrected chi connectivity index (χ0v) is 21.4. The first-order valence-electron chi connectivity index (χ1n) is 12.8. The summed E-state index contributed by atoms with van der Waals surface area (Å²) in [7, 11) is 0. The van der Waals surface area contributed by atoms with Crippen LogP contribution in [0.1, 0.15) is 43.9 Å². The van der Waals surface area contributed by atoms with Gasteiger partial charge in [0.25, 0.3) is 0 Å². The third-order valence-corrected chi connectivity index (χ3v) is 7.47. The minimum absolute atomic E-state index is 0.0362. The van der Waals surface area contributed by atoms with Crippen LogP contribution in [0.2, 0.25) is 0 Å². The van der Waals surface area contributed by atoms with Gasteiger partial charge >= 0.3 is 5.69 Å². The minimum atomic E-state index is -0.823. The maximum atomic E-state index is 15.7. The van der Waals surface area contributed by atoms with Gasteiger partial charge in [-0.1, -0.05) is 19.9 Å². The number of rotatable bonds is 4. The van der Waals surface area contributed by atoms with Gasteiger partial charge in [0.05, 0.1) is 22.3 Å². The second kappa shape index (κ2) is 9.13. The maximum absolute atomic E-state index is 15.7. The molecule has 4 aromatic rings. The number of hydrogen-bond donors (Lipinski definition) is 2. The summed E-state index contributed by atoms with van der Waals surface area (Å²) in [6.45, 7) is 7.04. The summed E-state index contributed by atoms with van der Waals surface area (Å²) < 4.78 is 31.9. The van der Waals surface area contributed by atoms with Gasteiger partial charge in [-0.3, -0.25) is 4.98 Å². The fourth-order valence-electron chi connectivity index (χ4n) is 5.73. The quantitative estimate of drug-likeness (QED) is 0.418. The summed E-state index contributed by atoms with van der Waals surface area (Å²) in [5.74, 6) is -1.78. The van der Waals surface area contributed by atoms with Crippen LogP contribution in [0.3, 0.4) is 0 Å². The molecule has 2 atom stereocenters. The number of benzene rings is 1. The monoisotopic (exact) mass is 518 g/mol. The van der Waals surface area contributed by atoms with Crippen molar-refractivity contribution in [1.82, 2.24) is 24.8 Å². The minimum Gasteiger partial charge on any atom is -0.507 e. The standard InChI is InChI=1S/C28H28F2N6O2/c1-14(2)23-25(15(3)9-10-31-23)36-27-18(11-20(30)24(33-27)22-19(29)5-4-6-21(22)37)26(34-28(36)38)35-12-16-7-8-17(13-35)32-16/h4-6,9-11,14,16-17,32,37H,7-8,12-13H2,1-3H3. The Kier molecular flexibility index (Phi) is 5.86. The zero-order chi connectivity index (χ0) is 26.7. The lowest BCUT2D eigenvalue weighted by Crippen LogP contribution is -2.52. The molecule has 5 heterocycles. The van der Waals surface area contributed by atoms with E-state index in [1.165, 1.54) is 22.8 Å². The van der Waals surface area contributed by atoms with E-state index in [1.807, 2.05) is 25.7 Å². The molecule has 196 valence electrons. The molecular formula is C28H28F2N6O2. The molecule has 0 aliphatic carbocycles. The number of aromatic nitrogens is 4. The first-order chi connectivity index (χ1) is 18.2. The van der Waals surface area contributed by atoms with Crippen molar-refractivity contribution in [3.63, 3.8) is 0 Å². The number of hydrogen-bond acceptors (Lipinski definition) is 7. The number of pyridine rings is 2. The van der Waals surface area contributed by atoms with Crippen molar-refractivity contribution in [1.29, 1.82) is 0 Å². The van der Waals surface area contributed by atoms with E-state index in [-0.39, 0.29) is 34.9 Å². The average Bonchev–Trinajstić information content (AvgIpc) is 3.21. The molecule has 2 aliphatic rings. The SMILES string of the molecule is Cc1ccnc(C(C)C)c1-n1c(=O)nc(N2CC3CCC(C2)N3)c2cc(F)c(-c3c(O)cccc3F)nc21. The van der Waals surface area contributed by atoms with Crippen LogP contribution in [0.5, 0.6) is 5.75 Å². The number of anilines is 1. The second-order valence-corrected chi connectivity index (χ2v) is 10.4. The van der Waals surface area contributed by atoms with Crippen molar-refractivity contribution < 1.29 is 13.9 Å². The lowest BCUT2D eigenvalue weighted by atomic mass is 10.0. The Morgan fingerprint density at radius 2 is 1.82 bits per heavy atom. The molecule has 38 heavy (non-hydrogen) atoms. The highest BCUT2D eigenvalue weighted by Gasteiger charge is 2.34. The van der Waals surface area contributed by atoms with E-state index in [0.29, 0.717) is 35.7 Å². The summed E-state index contributed by atoms with van der Waals surface area (Å²) in [5.41, 5.74) is 0.734. The van der Waals surface area contributed by atoms with Crippen molar-refractivity contribution in [3.8, 4) is 22.7 Å². The van der Waals surface area contributed by atoms with Crippen LogP contribution in [-0.4, -0.2) is 49.8 Å². The molecule has 0 amide bonds. The number of halogens is 2. The van der Waals surface area contributed by atoms with Gasteiger partial charge in [0.15, 0.2) is 11.5 Å². The van der Waals surface area contributed by atoms with Gasteiger partial charge in [0, 0.05) is 31.4 Å². The number of aromatic hydroxyl groups is 1. The molecule has 1 aromatic carbocycles. The van der Waals surface area contributed by atoms with E-state index in [4.69, 9.17) is 0 Å². The lowest BCUT2D eigenvalue weighted by Gasteiger charge is -2.34. The van der Waals surface area contributed by atoms with Crippen molar-refractivity contribution in [2.24, 2.45) is 0 Å². The highest BCUT2D eigenvalue weighted by Crippen LogP contribution is 2.37. The summed E-state index contributed by atoms with van der Waals surface area (Å²) in [6, 6.07) is 7.28. The molecule has 2 unspecified atom stereocenters. The van der Waals surface area contributed by atoms with Crippen LogP contribution in [0.4, 0.5) is 14.6 Å². The van der Waals surface area contributed by atoms with Gasteiger partial charge in [0.1, 0.15) is 23.1 Å². The highest BCUT2D eigenvalue weighted by atomic mass is 19.1. The third kappa shape index (κ3) is 3.91. The molecule has 0 spiro atoms. The predicted octanol–water partition coefficient (Wildman–Crippen LogP) is 4.20. The summed E-state index contributed by atoms with van der Waals surface area (Å²) in [6.07, 6.45) is 3.72. The smallest absolute Gasteiger partial charge is 0.355 e. The largest absolute Gasteiger partial charge is 0.507 e. The second-order valence-electron chi connectivity index (χ2n) is 10.4.